The Morgan fingerprint density at radius 3 is 2.93 bits per heavy atom. The van der Waals surface area contributed by atoms with Crippen LogP contribution in [0.15, 0.2) is 21.9 Å². The molecule has 8 heteroatoms. The number of ketones is 1. The Morgan fingerprint density at radius 2 is 2.24 bits per heavy atom. The molecule has 5 nitrogen and oxygen atoms in total. The van der Waals surface area contributed by atoms with Gasteiger partial charge in [0, 0.05) is 23.5 Å². The van der Waals surface area contributed by atoms with E-state index in [-0.39, 0.29) is 30.0 Å². The number of aromatic nitrogens is 1. The first-order valence-corrected chi connectivity index (χ1v) is 12.0. The van der Waals surface area contributed by atoms with E-state index in [1.54, 1.807) is 6.92 Å². The molecule has 29 heavy (non-hydrogen) atoms. The Balaban J connectivity index is 1.78. The van der Waals surface area contributed by atoms with Gasteiger partial charge in [0.2, 0.25) is 0 Å². The van der Waals surface area contributed by atoms with Crippen LogP contribution in [0.5, 0.6) is 0 Å². The van der Waals surface area contributed by atoms with Gasteiger partial charge < -0.3 is 10.2 Å². The number of Topliss-reactive ketones (excluding diaryl/α,β-unsaturated/α-hetero) is 1. The van der Waals surface area contributed by atoms with E-state index in [4.69, 9.17) is 5.11 Å². The van der Waals surface area contributed by atoms with E-state index >= 15 is 0 Å². The molecule has 1 aliphatic carbocycles. The van der Waals surface area contributed by atoms with Gasteiger partial charge in [-0.15, -0.1) is 11.3 Å². The van der Waals surface area contributed by atoms with Gasteiger partial charge in [0.1, 0.15) is 5.78 Å². The number of rotatable bonds is 13. The fourth-order valence-corrected chi connectivity index (χ4v) is 5.50. The lowest BCUT2D eigenvalue weighted by Crippen LogP contribution is -2.23. The maximum atomic E-state index is 12.3. The summed E-state index contributed by atoms with van der Waals surface area (Å²) in [4.78, 5) is 27.2. The fourth-order valence-electron chi connectivity index (χ4n) is 3.61. The molecule has 0 aromatic carbocycles. The Morgan fingerprint density at radius 1 is 1.45 bits per heavy atom. The smallest absolute Gasteiger partial charge is 0.355 e. The van der Waals surface area contributed by atoms with E-state index in [1.165, 1.54) is 28.5 Å². The summed E-state index contributed by atoms with van der Waals surface area (Å²) in [6.07, 6.45) is 9.55. The summed E-state index contributed by atoms with van der Waals surface area (Å²) in [7, 11) is 0. The van der Waals surface area contributed by atoms with Crippen LogP contribution in [0.4, 0.5) is 4.39 Å². The first-order valence-electron chi connectivity index (χ1n) is 10.1. The summed E-state index contributed by atoms with van der Waals surface area (Å²) < 4.78 is 12.9. The number of alkyl halides is 1. The summed E-state index contributed by atoms with van der Waals surface area (Å²) in [5.41, 5.74) is -0.736. The number of carboxylic acids is 1. The van der Waals surface area contributed by atoms with Crippen molar-refractivity contribution in [2.45, 2.75) is 68.2 Å². The zero-order valence-corrected chi connectivity index (χ0v) is 18.4. The molecule has 1 aromatic rings. The average Bonchev–Trinajstić information content (AvgIpc) is 3.27. The van der Waals surface area contributed by atoms with Crippen molar-refractivity contribution in [2.24, 2.45) is 11.8 Å². The zero-order valence-electron chi connectivity index (χ0n) is 16.8. The van der Waals surface area contributed by atoms with E-state index in [2.05, 4.69) is 11.1 Å². The molecule has 1 saturated carbocycles. The van der Waals surface area contributed by atoms with Crippen LogP contribution in [0.25, 0.3) is 0 Å². The molecule has 1 unspecified atom stereocenters. The van der Waals surface area contributed by atoms with Gasteiger partial charge in [-0.1, -0.05) is 36.8 Å². The SMILES string of the molecule is CC(O)(CC=C[C@H]1CCC(=O)[C@@H]1CCSc1nc(C(=O)O)cs1)CCCCCF. The minimum Gasteiger partial charge on any atom is -0.476 e. The molecule has 1 aromatic heterocycles. The maximum absolute atomic E-state index is 12.3. The molecule has 2 N–H and O–H groups in total. The number of aliphatic hydroxyl groups is 1. The van der Waals surface area contributed by atoms with Crippen LogP contribution in [0, 0.1) is 11.8 Å². The van der Waals surface area contributed by atoms with Crippen molar-refractivity contribution in [1.29, 1.82) is 0 Å². The Kier molecular flexibility index (Phi) is 9.79. The summed E-state index contributed by atoms with van der Waals surface area (Å²) in [5, 5.41) is 20.9. The molecular weight excluding hydrogens is 413 g/mol. The van der Waals surface area contributed by atoms with Gasteiger partial charge in [-0.05, 0) is 44.9 Å². The Hall–Kier alpha value is -1.25. The van der Waals surface area contributed by atoms with Crippen LogP contribution < -0.4 is 0 Å². The summed E-state index contributed by atoms with van der Waals surface area (Å²) in [5.74, 6) is 0.147. The third-order valence-corrected chi connectivity index (χ3v) is 7.36. The van der Waals surface area contributed by atoms with Crippen LogP contribution in [-0.2, 0) is 4.79 Å². The summed E-state index contributed by atoms with van der Waals surface area (Å²) in [6.45, 7) is 1.50. The number of thioether (sulfide) groups is 1. The molecule has 0 spiro atoms. The largest absolute Gasteiger partial charge is 0.476 e. The van der Waals surface area contributed by atoms with E-state index in [9.17, 15) is 19.1 Å². The van der Waals surface area contributed by atoms with Gasteiger partial charge in [-0.25, -0.2) is 9.78 Å². The van der Waals surface area contributed by atoms with Crippen LogP contribution in [0.1, 0.15) is 68.8 Å². The second kappa shape index (κ2) is 11.8. The minimum absolute atomic E-state index is 0.0211. The van der Waals surface area contributed by atoms with Gasteiger partial charge in [0.25, 0.3) is 0 Å². The van der Waals surface area contributed by atoms with Gasteiger partial charge in [-0.3, -0.25) is 9.18 Å². The van der Waals surface area contributed by atoms with Crippen molar-refractivity contribution in [2.75, 3.05) is 12.4 Å². The number of carboxylic acid groups (broad SMARTS) is 1. The highest BCUT2D eigenvalue weighted by molar-refractivity contribution is 8.01. The minimum atomic E-state index is -1.03. The Labute approximate surface area is 179 Å². The molecule has 0 bridgehead atoms. The number of carbonyl (C=O) groups is 2. The first-order chi connectivity index (χ1) is 13.8. The molecule has 1 fully saturated rings. The second-order valence-electron chi connectivity index (χ2n) is 7.85. The third kappa shape index (κ3) is 8.18. The Bertz CT molecular complexity index is 705. The molecule has 2 rings (SSSR count). The predicted octanol–water partition coefficient (Wildman–Crippen LogP) is 5.15. The fraction of sp³-hybridized carbons (Fsp3) is 0.667. The van der Waals surface area contributed by atoms with Gasteiger partial charge in [0.05, 0.1) is 12.3 Å². The number of aromatic carboxylic acids is 1. The number of halogens is 1. The average molecular weight is 444 g/mol. The molecule has 0 radical (unpaired) electrons. The first kappa shape index (κ1) is 24.0. The monoisotopic (exact) mass is 443 g/mol. The van der Waals surface area contributed by atoms with E-state index in [0.717, 1.165) is 31.4 Å². The lowest BCUT2D eigenvalue weighted by molar-refractivity contribution is -0.121. The molecule has 1 heterocycles. The highest BCUT2D eigenvalue weighted by atomic mass is 32.2. The van der Waals surface area contributed by atoms with Gasteiger partial charge in [0.15, 0.2) is 10.0 Å². The summed E-state index contributed by atoms with van der Waals surface area (Å²) >= 11 is 2.80. The van der Waals surface area contributed by atoms with Crippen molar-refractivity contribution in [3.63, 3.8) is 0 Å². The molecule has 162 valence electrons. The standard InChI is InChI=1S/C21H30FNO4S2/c1-21(27,10-3-2-4-12-22)11-5-6-15-7-8-18(24)16(15)9-13-28-20-23-17(14-29-20)19(25)26/h5-6,14-16,27H,2-4,7-13H2,1H3,(H,25,26)/t15-,16+,21?/m0/s1. The predicted molar refractivity (Wildman–Crippen MR) is 114 cm³/mol. The van der Waals surface area contributed by atoms with Crippen molar-refractivity contribution in [3.8, 4) is 0 Å². The second-order valence-corrected chi connectivity index (χ2v) is 10.0. The van der Waals surface area contributed by atoms with E-state index in [0.29, 0.717) is 30.0 Å². The zero-order chi connectivity index (χ0) is 21.3. The molecule has 0 amide bonds. The number of nitrogens with zero attached hydrogens (tertiary/aromatic N) is 1. The number of unbranched alkanes of at least 4 members (excludes halogenated alkanes) is 2. The number of carbonyl (C=O) groups excluding carboxylic acids is 1. The van der Waals surface area contributed by atoms with Gasteiger partial charge in [-0.2, -0.15) is 0 Å². The molecule has 1 aliphatic rings. The quantitative estimate of drug-likeness (QED) is 0.249. The van der Waals surface area contributed by atoms with E-state index in [1.807, 2.05) is 6.08 Å². The number of allylic oxidation sites excluding steroid dienone is 1. The van der Waals surface area contributed by atoms with Crippen LogP contribution in [0.2, 0.25) is 0 Å². The van der Waals surface area contributed by atoms with Crippen molar-refractivity contribution in [3.05, 3.63) is 23.2 Å². The van der Waals surface area contributed by atoms with Crippen molar-refractivity contribution in [1.82, 2.24) is 4.98 Å². The lowest BCUT2D eigenvalue weighted by Gasteiger charge is -2.22. The normalized spacial score (nSPS) is 21.7. The molecular formula is C21H30FNO4S2. The van der Waals surface area contributed by atoms with Crippen molar-refractivity contribution < 1.29 is 24.2 Å². The highest BCUT2D eigenvalue weighted by Gasteiger charge is 2.32. The molecule has 0 aliphatic heterocycles. The molecule has 0 saturated heterocycles. The van der Waals surface area contributed by atoms with E-state index < -0.39 is 11.6 Å². The van der Waals surface area contributed by atoms with Gasteiger partial charge >= 0.3 is 5.97 Å². The maximum Gasteiger partial charge on any atom is 0.355 e. The van der Waals surface area contributed by atoms with Crippen LogP contribution >= 0.6 is 23.1 Å². The molecule has 3 atom stereocenters. The highest BCUT2D eigenvalue weighted by Crippen LogP contribution is 2.35. The topological polar surface area (TPSA) is 87.5 Å². The number of hydrogen-bond donors (Lipinski definition) is 2. The number of hydrogen-bond acceptors (Lipinski definition) is 6. The van der Waals surface area contributed by atoms with Crippen LogP contribution in [0.3, 0.4) is 0 Å². The third-order valence-electron chi connectivity index (χ3n) is 5.30. The number of thiazole rings is 1. The lowest BCUT2D eigenvalue weighted by atomic mass is 9.90. The van der Waals surface area contributed by atoms with Crippen molar-refractivity contribution >= 4 is 34.9 Å². The van der Waals surface area contributed by atoms with Crippen LogP contribution in [-0.4, -0.2) is 45.0 Å². The summed E-state index contributed by atoms with van der Waals surface area (Å²) in [6, 6.07) is 0.